The minimum Gasteiger partial charge on any atom is -0.446 e. The van der Waals surface area contributed by atoms with Crippen molar-refractivity contribution in [3.05, 3.63) is 42.5 Å². The van der Waals surface area contributed by atoms with Gasteiger partial charge in [0.15, 0.2) is 5.82 Å². The zero-order valence-electron chi connectivity index (χ0n) is 19.9. The fraction of sp³-hybridized carbons (Fsp3) is 0.440. The third kappa shape index (κ3) is 6.78. The van der Waals surface area contributed by atoms with Crippen molar-refractivity contribution >= 4 is 29.2 Å². The van der Waals surface area contributed by atoms with Crippen LogP contribution >= 0.6 is 0 Å². The Kier molecular flexibility index (Phi) is 8.40. The van der Waals surface area contributed by atoms with Crippen molar-refractivity contribution in [3.8, 4) is 11.1 Å². The second kappa shape index (κ2) is 11.4. The number of carbonyl (C=O) groups is 2. The SMILES string of the molecule is CC(=O)Nc1cn2cc(-c3cnc(C)c(NC(=O)OC4CCCCC4)c3)ccc2n1.CCC. The molecule has 1 aliphatic rings. The molecule has 0 spiro atoms. The van der Waals surface area contributed by atoms with Crippen molar-refractivity contribution in [2.24, 2.45) is 0 Å². The molecule has 0 saturated heterocycles. The average molecular weight is 452 g/mol. The highest BCUT2D eigenvalue weighted by Gasteiger charge is 2.18. The van der Waals surface area contributed by atoms with Crippen LogP contribution in [0.15, 0.2) is 36.8 Å². The first-order valence-electron chi connectivity index (χ1n) is 11.6. The van der Waals surface area contributed by atoms with Crippen molar-refractivity contribution in [1.29, 1.82) is 0 Å². The highest BCUT2D eigenvalue weighted by atomic mass is 16.6. The molecule has 3 heterocycles. The summed E-state index contributed by atoms with van der Waals surface area (Å²) in [6.07, 6.45) is 11.5. The number of aryl methyl sites for hydroxylation is 1. The maximum absolute atomic E-state index is 12.3. The Hall–Kier alpha value is -3.42. The fourth-order valence-electron chi connectivity index (χ4n) is 3.69. The summed E-state index contributed by atoms with van der Waals surface area (Å²) < 4.78 is 7.40. The molecule has 8 heteroatoms. The minimum atomic E-state index is -0.436. The van der Waals surface area contributed by atoms with Crippen LogP contribution in [0, 0.1) is 6.92 Å². The summed E-state index contributed by atoms with van der Waals surface area (Å²) in [5.41, 5.74) is 3.82. The van der Waals surface area contributed by atoms with Crippen molar-refractivity contribution in [3.63, 3.8) is 0 Å². The van der Waals surface area contributed by atoms with Crippen LogP contribution in [-0.2, 0) is 9.53 Å². The summed E-state index contributed by atoms with van der Waals surface area (Å²) >= 11 is 0. The molecule has 0 atom stereocenters. The molecule has 8 nitrogen and oxygen atoms in total. The van der Waals surface area contributed by atoms with Gasteiger partial charge in [-0.15, -0.1) is 0 Å². The Morgan fingerprint density at radius 2 is 1.82 bits per heavy atom. The van der Waals surface area contributed by atoms with Crippen LogP contribution in [0.25, 0.3) is 16.8 Å². The average Bonchev–Trinajstić information content (AvgIpc) is 3.17. The summed E-state index contributed by atoms with van der Waals surface area (Å²) in [5.74, 6) is 0.326. The number of hydrogen-bond donors (Lipinski definition) is 2. The van der Waals surface area contributed by atoms with E-state index in [2.05, 4.69) is 34.4 Å². The van der Waals surface area contributed by atoms with Gasteiger partial charge in [0, 0.05) is 30.4 Å². The van der Waals surface area contributed by atoms with Gasteiger partial charge >= 0.3 is 6.09 Å². The van der Waals surface area contributed by atoms with E-state index < -0.39 is 6.09 Å². The molecule has 3 aromatic heterocycles. The number of rotatable bonds is 4. The number of fused-ring (bicyclic) bond motifs is 1. The molecule has 2 amide bonds. The van der Waals surface area contributed by atoms with E-state index in [0.29, 0.717) is 11.5 Å². The normalized spacial score (nSPS) is 13.7. The molecule has 1 saturated carbocycles. The number of pyridine rings is 2. The lowest BCUT2D eigenvalue weighted by molar-refractivity contribution is -0.114. The number of ether oxygens (including phenoxy) is 1. The number of nitrogens with zero attached hydrogens (tertiary/aromatic N) is 3. The van der Waals surface area contributed by atoms with Gasteiger partial charge in [-0.1, -0.05) is 26.7 Å². The molecule has 1 aliphatic carbocycles. The van der Waals surface area contributed by atoms with E-state index in [9.17, 15) is 9.59 Å². The second-order valence-corrected chi connectivity index (χ2v) is 8.34. The molecule has 0 unspecified atom stereocenters. The molecule has 0 radical (unpaired) electrons. The summed E-state index contributed by atoms with van der Waals surface area (Å²) in [5, 5.41) is 5.52. The predicted octanol–water partition coefficient (Wildman–Crippen LogP) is 5.96. The topological polar surface area (TPSA) is 97.6 Å². The summed E-state index contributed by atoms with van der Waals surface area (Å²) in [6, 6.07) is 5.68. The van der Waals surface area contributed by atoms with Gasteiger partial charge < -0.3 is 14.5 Å². The molecule has 4 rings (SSSR count). The van der Waals surface area contributed by atoms with Gasteiger partial charge in [0.1, 0.15) is 11.8 Å². The van der Waals surface area contributed by atoms with E-state index in [4.69, 9.17) is 4.74 Å². The van der Waals surface area contributed by atoms with Gasteiger partial charge in [0.2, 0.25) is 5.91 Å². The van der Waals surface area contributed by atoms with Crippen LogP contribution in [0.3, 0.4) is 0 Å². The third-order valence-electron chi connectivity index (χ3n) is 5.24. The smallest absolute Gasteiger partial charge is 0.411 e. The number of hydrogen-bond acceptors (Lipinski definition) is 5. The lowest BCUT2D eigenvalue weighted by Crippen LogP contribution is -2.24. The number of imidazole rings is 1. The van der Waals surface area contributed by atoms with Gasteiger partial charge in [-0.3, -0.25) is 15.1 Å². The lowest BCUT2D eigenvalue weighted by Gasteiger charge is -2.22. The Labute approximate surface area is 194 Å². The Balaban J connectivity index is 0.000000968. The first kappa shape index (κ1) is 24.2. The van der Waals surface area contributed by atoms with Gasteiger partial charge in [-0.05, 0) is 50.8 Å². The zero-order chi connectivity index (χ0) is 23.8. The molecule has 3 aromatic rings. The molecule has 33 heavy (non-hydrogen) atoms. The van der Waals surface area contributed by atoms with Crippen molar-refractivity contribution in [2.45, 2.75) is 72.3 Å². The van der Waals surface area contributed by atoms with E-state index in [1.807, 2.05) is 35.7 Å². The Morgan fingerprint density at radius 1 is 1.09 bits per heavy atom. The van der Waals surface area contributed by atoms with Crippen molar-refractivity contribution in [1.82, 2.24) is 14.4 Å². The fourth-order valence-corrected chi connectivity index (χ4v) is 3.69. The summed E-state index contributed by atoms with van der Waals surface area (Å²) in [4.78, 5) is 32.4. The zero-order valence-corrected chi connectivity index (χ0v) is 19.9. The van der Waals surface area contributed by atoms with Crippen LogP contribution in [0.4, 0.5) is 16.3 Å². The second-order valence-electron chi connectivity index (χ2n) is 8.34. The Bertz CT molecular complexity index is 1100. The maximum Gasteiger partial charge on any atom is 0.411 e. The monoisotopic (exact) mass is 451 g/mol. The molecule has 0 bridgehead atoms. The maximum atomic E-state index is 12.3. The molecule has 0 aliphatic heterocycles. The van der Waals surface area contributed by atoms with Crippen molar-refractivity contribution in [2.75, 3.05) is 10.6 Å². The minimum absolute atomic E-state index is 0.00310. The molecule has 0 aromatic carbocycles. The lowest BCUT2D eigenvalue weighted by atomic mass is 9.98. The largest absolute Gasteiger partial charge is 0.446 e. The predicted molar refractivity (Wildman–Crippen MR) is 130 cm³/mol. The molecule has 2 N–H and O–H groups in total. The van der Waals surface area contributed by atoms with E-state index in [0.717, 1.165) is 48.2 Å². The standard InChI is InChI=1S/C22H25N5O3.C3H8/c1-14-19(25-22(29)30-18-6-4-3-5-7-18)10-17(11-23-14)16-8-9-21-26-20(24-15(2)28)13-27(21)12-16;1-3-2/h8-13,18H,3-7H2,1-2H3,(H,24,28)(H,25,29);3H2,1-2H3. The van der Waals surface area contributed by atoms with E-state index in [1.165, 1.54) is 19.8 Å². The first-order chi connectivity index (χ1) is 15.9. The number of nitrogens with one attached hydrogen (secondary N) is 2. The number of amides is 2. The molecule has 176 valence electrons. The summed E-state index contributed by atoms with van der Waals surface area (Å²) in [6.45, 7) is 7.54. The number of anilines is 2. The van der Waals surface area contributed by atoms with Crippen molar-refractivity contribution < 1.29 is 14.3 Å². The van der Waals surface area contributed by atoms with Crippen LogP contribution in [-0.4, -0.2) is 32.5 Å². The third-order valence-corrected chi connectivity index (χ3v) is 5.24. The van der Waals surface area contributed by atoms with Gasteiger partial charge in [0.05, 0.1) is 17.6 Å². The summed E-state index contributed by atoms with van der Waals surface area (Å²) in [7, 11) is 0. The van der Waals surface area contributed by atoms with Gasteiger partial charge in [0.25, 0.3) is 0 Å². The number of carbonyl (C=O) groups excluding carboxylic acids is 2. The van der Waals surface area contributed by atoms with Crippen LogP contribution < -0.4 is 10.6 Å². The van der Waals surface area contributed by atoms with E-state index in [-0.39, 0.29) is 12.0 Å². The molecule has 1 fully saturated rings. The van der Waals surface area contributed by atoms with E-state index in [1.54, 1.807) is 12.4 Å². The van der Waals surface area contributed by atoms with Gasteiger partial charge in [-0.2, -0.15) is 0 Å². The van der Waals surface area contributed by atoms with Gasteiger partial charge in [-0.25, -0.2) is 9.78 Å². The first-order valence-corrected chi connectivity index (χ1v) is 11.6. The Morgan fingerprint density at radius 3 is 2.52 bits per heavy atom. The quantitative estimate of drug-likeness (QED) is 0.510. The molecular weight excluding hydrogens is 418 g/mol. The molecular formula is C25H33N5O3. The highest BCUT2D eigenvalue weighted by Crippen LogP contribution is 2.26. The van der Waals surface area contributed by atoms with Crippen LogP contribution in [0.5, 0.6) is 0 Å². The number of aromatic nitrogens is 3. The van der Waals surface area contributed by atoms with Crippen LogP contribution in [0.1, 0.15) is 65.0 Å². The van der Waals surface area contributed by atoms with Crippen LogP contribution in [0.2, 0.25) is 0 Å². The van der Waals surface area contributed by atoms with E-state index >= 15 is 0 Å². The highest BCUT2D eigenvalue weighted by molar-refractivity contribution is 5.88.